The second kappa shape index (κ2) is 3.69. The molecule has 86 valence electrons. The van der Waals surface area contributed by atoms with Crippen molar-refractivity contribution < 1.29 is 14.6 Å². The number of rotatable bonds is 1. The Morgan fingerprint density at radius 1 is 1.50 bits per heavy atom. The van der Waals surface area contributed by atoms with E-state index in [0.29, 0.717) is 0 Å². The third-order valence-electron chi connectivity index (χ3n) is 2.44. The number of nitrogen functional groups attached to an aromatic ring is 1. The molecule has 7 heteroatoms. The number of nitrogens with zero attached hydrogens (tertiary/aromatic N) is 2. The summed E-state index contributed by atoms with van der Waals surface area (Å²) in [6.45, 7) is 0. The van der Waals surface area contributed by atoms with Crippen molar-refractivity contribution in [3.63, 3.8) is 0 Å². The van der Waals surface area contributed by atoms with Crippen LogP contribution in [0.2, 0.25) is 0 Å². The van der Waals surface area contributed by atoms with Crippen LogP contribution in [0.25, 0.3) is 0 Å². The van der Waals surface area contributed by atoms with Gasteiger partial charge in [-0.05, 0) is 12.1 Å². The minimum atomic E-state index is -1.40. The maximum atomic E-state index is 13.4. The highest BCUT2D eigenvalue weighted by Crippen LogP contribution is 2.30. The van der Waals surface area contributed by atoms with Gasteiger partial charge in [0, 0.05) is 6.20 Å². The lowest BCUT2D eigenvalue weighted by atomic mass is 10.2. The summed E-state index contributed by atoms with van der Waals surface area (Å²) in [5, 5.41) is 18.7. The van der Waals surface area contributed by atoms with Crippen LogP contribution >= 0.6 is 0 Å². The zero-order valence-electron chi connectivity index (χ0n) is 8.12. The van der Waals surface area contributed by atoms with E-state index < -0.39 is 29.8 Å². The second-order valence-corrected chi connectivity index (χ2v) is 3.52. The molecule has 0 radical (unpaired) electrons. The molecule has 0 unspecified atom stereocenters. The minimum Gasteiger partial charge on any atom is -0.387 e. The summed E-state index contributed by atoms with van der Waals surface area (Å²) in [5.74, 6) is -0.757. The molecular formula is C9H10FN3O3. The predicted molar refractivity (Wildman–Crippen MR) is 53.2 cm³/mol. The summed E-state index contributed by atoms with van der Waals surface area (Å²) < 4.78 is 14.3. The number of anilines is 1. The van der Waals surface area contributed by atoms with Gasteiger partial charge in [-0.15, -0.1) is 0 Å². The molecule has 4 N–H and O–H groups in total. The first-order chi connectivity index (χ1) is 7.50. The van der Waals surface area contributed by atoms with Gasteiger partial charge in [-0.2, -0.15) is 4.98 Å². The van der Waals surface area contributed by atoms with Gasteiger partial charge in [0.25, 0.3) is 0 Å². The topological polar surface area (TPSA) is 101 Å². The lowest BCUT2D eigenvalue weighted by molar-refractivity contribution is 0.0318. The van der Waals surface area contributed by atoms with Gasteiger partial charge in [0.1, 0.15) is 29.9 Å². The molecule has 0 bridgehead atoms. The van der Waals surface area contributed by atoms with E-state index in [-0.39, 0.29) is 5.82 Å². The van der Waals surface area contributed by atoms with Crippen LogP contribution in [0.4, 0.5) is 10.2 Å². The van der Waals surface area contributed by atoms with Crippen molar-refractivity contribution in [2.24, 2.45) is 0 Å². The van der Waals surface area contributed by atoms with Crippen molar-refractivity contribution in [2.75, 3.05) is 5.73 Å². The van der Waals surface area contributed by atoms with E-state index >= 15 is 0 Å². The van der Waals surface area contributed by atoms with Crippen molar-refractivity contribution in [3.05, 3.63) is 34.7 Å². The van der Waals surface area contributed by atoms with Gasteiger partial charge in [-0.25, -0.2) is 9.18 Å². The number of hydrogen-bond donors (Lipinski definition) is 3. The van der Waals surface area contributed by atoms with Gasteiger partial charge in [-0.1, -0.05) is 0 Å². The molecule has 1 heterocycles. The summed E-state index contributed by atoms with van der Waals surface area (Å²) in [5.41, 5.74) is 4.50. The van der Waals surface area contributed by atoms with Crippen LogP contribution in [0.15, 0.2) is 29.0 Å². The third-order valence-corrected chi connectivity index (χ3v) is 2.44. The van der Waals surface area contributed by atoms with E-state index in [0.717, 1.165) is 10.6 Å². The Bertz CT molecular complexity index is 499. The molecule has 1 aliphatic carbocycles. The molecule has 0 saturated heterocycles. The van der Waals surface area contributed by atoms with Crippen molar-refractivity contribution in [1.29, 1.82) is 0 Å². The van der Waals surface area contributed by atoms with Gasteiger partial charge < -0.3 is 15.9 Å². The van der Waals surface area contributed by atoms with Crippen molar-refractivity contribution in [1.82, 2.24) is 9.55 Å². The molecule has 16 heavy (non-hydrogen) atoms. The maximum absolute atomic E-state index is 13.4. The zero-order chi connectivity index (χ0) is 11.9. The van der Waals surface area contributed by atoms with E-state index in [1.807, 2.05) is 0 Å². The summed E-state index contributed by atoms with van der Waals surface area (Å²) in [7, 11) is 0. The monoisotopic (exact) mass is 227 g/mol. The highest BCUT2D eigenvalue weighted by Gasteiger charge is 2.37. The fourth-order valence-electron chi connectivity index (χ4n) is 1.65. The Kier molecular flexibility index (Phi) is 2.49. The first-order valence-corrected chi connectivity index (χ1v) is 4.58. The number of halogens is 1. The van der Waals surface area contributed by atoms with Crippen molar-refractivity contribution in [2.45, 2.75) is 18.2 Å². The molecule has 0 amide bonds. The summed E-state index contributed by atoms with van der Waals surface area (Å²) in [6, 6.07) is 0.0714. The Balaban J connectivity index is 2.46. The van der Waals surface area contributed by atoms with Gasteiger partial charge in [0.2, 0.25) is 0 Å². The highest BCUT2D eigenvalue weighted by atomic mass is 19.1. The molecule has 6 nitrogen and oxygen atoms in total. The average molecular weight is 227 g/mol. The number of aliphatic hydroxyl groups excluding tert-OH is 2. The molecular weight excluding hydrogens is 217 g/mol. The van der Waals surface area contributed by atoms with E-state index in [1.165, 1.54) is 12.3 Å². The number of aliphatic hydroxyl groups is 2. The zero-order valence-corrected chi connectivity index (χ0v) is 8.12. The van der Waals surface area contributed by atoms with Crippen molar-refractivity contribution in [3.8, 4) is 0 Å². The first kappa shape index (κ1) is 10.8. The lowest BCUT2D eigenvalue weighted by Gasteiger charge is -2.19. The summed E-state index contributed by atoms with van der Waals surface area (Å²) >= 11 is 0. The first-order valence-electron chi connectivity index (χ1n) is 4.58. The highest BCUT2D eigenvalue weighted by molar-refractivity contribution is 5.25. The van der Waals surface area contributed by atoms with E-state index in [9.17, 15) is 19.4 Å². The van der Waals surface area contributed by atoms with Gasteiger partial charge >= 0.3 is 5.69 Å². The van der Waals surface area contributed by atoms with Crippen LogP contribution < -0.4 is 11.4 Å². The fourth-order valence-corrected chi connectivity index (χ4v) is 1.65. The lowest BCUT2D eigenvalue weighted by Crippen LogP contribution is -2.35. The predicted octanol–water partition coefficient (Wildman–Crippen LogP) is -1.04. The van der Waals surface area contributed by atoms with Crippen LogP contribution in [-0.4, -0.2) is 32.0 Å². The third kappa shape index (κ3) is 1.59. The van der Waals surface area contributed by atoms with E-state index in [1.54, 1.807) is 0 Å². The number of nitrogens with two attached hydrogens (primary N) is 1. The van der Waals surface area contributed by atoms with Crippen LogP contribution in [0, 0.1) is 0 Å². The molecule has 3 atom stereocenters. The maximum Gasteiger partial charge on any atom is 0.350 e. The summed E-state index contributed by atoms with van der Waals surface area (Å²) in [6.07, 6.45) is -0.639. The largest absolute Gasteiger partial charge is 0.387 e. The minimum absolute atomic E-state index is 0.0127. The number of aromatic nitrogens is 2. The Hall–Kier alpha value is -1.73. The molecule has 1 aromatic heterocycles. The molecule has 0 aliphatic heterocycles. The molecule has 0 spiro atoms. The van der Waals surface area contributed by atoms with Crippen LogP contribution in [-0.2, 0) is 0 Å². The molecule has 0 aromatic carbocycles. The molecule has 1 aromatic rings. The van der Waals surface area contributed by atoms with Crippen molar-refractivity contribution >= 4 is 5.82 Å². The normalized spacial score (nSPS) is 29.2. The Morgan fingerprint density at radius 3 is 2.69 bits per heavy atom. The second-order valence-electron chi connectivity index (χ2n) is 3.52. The molecule has 2 rings (SSSR count). The molecule has 0 fully saturated rings. The smallest absolute Gasteiger partial charge is 0.350 e. The van der Waals surface area contributed by atoms with Gasteiger partial charge in [0.05, 0.1) is 0 Å². The molecule has 0 saturated carbocycles. The van der Waals surface area contributed by atoms with Gasteiger partial charge in [-0.3, -0.25) is 4.57 Å². The van der Waals surface area contributed by atoms with E-state index in [2.05, 4.69) is 4.98 Å². The Morgan fingerprint density at radius 2 is 2.19 bits per heavy atom. The van der Waals surface area contributed by atoms with Crippen LogP contribution in [0.1, 0.15) is 6.04 Å². The quantitative estimate of drug-likeness (QED) is 0.568. The number of hydrogen-bond acceptors (Lipinski definition) is 5. The standard InChI is InChI=1S/C9H10FN3O3/c10-4-3-5(14)8(15)7(4)13-2-1-6(11)12-9(13)16/h1-3,5,7-8,14-15H,(H2,11,12,16)/t5-,7-,8-/m1/s1. The average Bonchev–Trinajstić information content (AvgIpc) is 2.43. The fraction of sp³-hybridized carbons (Fsp3) is 0.333. The van der Waals surface area contributed by atoms with Crippen LogP contribution in [0.3, 0.4) is 0 Å². The van der Waals surface area contributed by atoms with Crippen LogP contribution in [0.5, 0.6) is 0 Å². The summed E-state index contributed by atoms with van der Waals surface area (Å²) in [4.78, 5) is 14.8. The SMILES string of the molecule is Nc1ccn([C@@H]2C(F)=C[C@@H](O)[C@H]2O)c(=O)n1. The van der Waals surface area contributed by atoms with E-state index in [4.69, 9.17) is 5.73 Å². The van der Waals surface area contributed by atoms with Gasteiger partial charge in [0.15, 0.2) is 0 Å². The Labute approximate surface area is 89.5 Å². The molecule has 1 aliphatic rings.